The second kappa shape index (κ2) is 10.1. The molecule has 0 saturated carbocycles. The zero-order chi connectivity index (χ0) is 18.8. The Morgan fingerprint density at radius 1 is 0.962 bits per heavy atom. The normalized spacial score (nSPS) is 12.4. The number of ether oxygens (including phenoxy) is 1. The topological polar surface area (TPSA) is 73.9 Å². The largest absolute Gasteiger partial charge is 0.445 e. The van der Waals surface area contributed by atoms with Gasteiger partial charge < -0.3 is 19.1 Å². The van der Waals surface area contributed by atoms with Crippen LogP contribution in [0.3, 0.4) is 0 Å². The minimum absolute atomic E-state index is 0.113. The van der Waals surface area contributed by atoms with E-state index in [1.54, 1.807) is 38.1 Å². The first-order valence-corrected chi connectivity index (χ1v) is 10.1. The molecule has 7 heteroatoms. The highest BCUT2D eigenvalue weighted by atomic mass is 31.2. The third kappa shape index (κ3) is 5.70. The molecular formula is C19H24NO5P. The Hall–Kier alpha value is -2.14. The molecule has 1 N–H and O–H groups in total. The molecule has 1 atom stereocenters. The molecule has 0 aliphatic heterocycles. The lowest BCUT2D eigenvalue weighted by Gasteiger charge is -2.27. The van der Waals surface area contributed by atoms with Crippen LogP contribution in [0.25, 0.3) is 0 Å². The van der Waals surface area contributed by atoms with E-state index in [9.17, 15) is 9.36 Å². The second-order valence-electron chi connectivity index (χ2n) is 5.39. The number of hydrogen-bond donors (Lipinski definition) is 1. The van der Waals surface area contributed by atoms with Gasteiger partial charge in [-0.2, -0.15) is 0 Å². The van der Waals surface area contributed by atoms with Crippen molar-refractivity contribution >= 4 is 13.7 Å². The standard InChI is InChI=1S/C19H24NO5P/c1-3-24-26(22,25-4-2)18(17-13-9-6-10-14-17)20-19(21)23-15-16-11-7-5-8-12-16/h5-14,18H,3-4,15H2,1-2H3,(H,20,21)/t18-/m0/s1. The number of nitrogens with one attached hydrogen (secondary N) is 1. The van der Waals surface area contributed by atoms with E-state index in [2.05, 4.69) is 5.32 Å². The molecule has 2 aromatic carbocycles. The van der Waals surface area contributed by atoms with E-state index >= 15 is 0 Å². The Bertz CT molecular complexity index is 713. The SMILES string of the molecule is CCOP(=O)(OCC)[C@H](NC(=O)OCc1ccccc1)c1ccccc1. The van der Waals surface area contributed by atoms with E-state index in [1.165, 1.54) is 0 Å². The predicted octanol–water partition coefficient (Wildman–Crippen LogP) is 4.88. The third-order valence-corrected chi connectivity index (χ3v) is 5.81. The summed E-state index contributed by atoms with van der Waals surface area (Å²) in [6.07, 6.45) is -0.692. The van der Waals surface area contributed by atoms with E-state index in [1.807, 2.05) is 36.4 Å². The Kier molecular flexibility index (Phi) is 7.85. The second-order valence-corrected chi connectivity index (χ2v) is 7.51. The van der Waals surface area contributed by atoms with Crippen LogP contribution in [-0.2, 0) is 25.0 Å². The van der Waals surface area contributed by atoms with Crippen molar-refractivity contribution in [3.63, 3.8) is 0 Å². The minimum Gasteiger partial charge on any atom is -0.445 e. The fourth-order valence-corrected chi connectivity index (χ4v) is 4.30. The van der Waals surface area contributed by atoms with Crippen LogP contribution in [-0.4, -0.2) is 19.3 Å². The smallest absolute Gasteiger partial charge is 0.408 e. The summed E-state index contributed by atoms with van der Waals surface area (Å²) in [6, 6.07) is 18.3. The van der Waals surface area contributed by atoms with Gasteiger partial charge in [-0.25, -0.2) is 4.79 Å². The maximum Gasteiger partial charge on any atom is 0.408 e. The average molecular weight is 377 g/mol. The van der Waals surface area contributed by atoms with Crippen LogP contribution in [0, 0.1) is 0 Å². The van der Waals surface area contributed by atoms with E-state index in [4.69, 9.17) is 13.8 Å². The lowest BCUT2D eigenvalue weighted by molar-refractivity contribution is 0.134. The van der Waals surface area contributed by atoms with E-state index in [-0.39, 0.29) is 19.8 Å². The molecular weight excluding hydrogens is 353 g/mol. The molecule has 2 aromatic rings. The molecule has 0 unspecified atom stereocenters. The number of benzene rings is 2. The van der Waals surface area contributed by atoms with Crippen LogP contribution in [0.15, 0.2) is 60.7 Å². The number of alkyl carbamates (subject to hydrolysis) is 1. The van der Waals surface area contributed by atoms with Gasteiger partial charge in [0, 0.05) is 0 Å². The predicted molar refractivity (Wildman–Crippen MR) is 99.8 cm³/mol. The van der Waals surface area contributed by atoms with Crippen molar-refractivity contribution in [3.8, 4) is 0 Å². The molecule has 1 amide bonds. The van der Waals surface area contributed by atoms with Crippen LogP contribution in [0.5, 0.6) is 0 Å². The van der Waals surface area contributed by atoms with Gasteiger partial charge in [-0.15, -0.1) is 0 Å². The molecule has 0 aliphatic carbocycles. The summed E-state index contributed by atoms with van der Waals surface area (Å²) in [6.45, 7) is 3.95. The first-order valence-electron chi connectivity index (χ1n) is 8.50. The number of carbonyl (C=O) groups is 1. The number of rotatable bonds is 9. The maximum atomic E-state index is 13.2. The molecule has 0 fully saturated rings. The summed E-state index contributed by atoms with van der Waals surface area (Å²) in [7, 11) is -3.61. The molecule has 0 bridgehead atoms. The number of hydrogen-bond acceptors (Lipinski definition) is 5. The summed E-state index contributed by atoms with van der Waals surface area (Å²) >= 11 is 0. The minimum atomic E-state index is -3.61. The molecule has 0 spiro atoms. The summed E-state index contributed by atoms with van der Waals surface area (Å²) in [4.78, 5) is 12.3. The highest BCUT2D eigenvalue weighted by molar-refractivity contribution is 7.54. The van der Waals surface area contributed by atoms with E-state index in [0.29, 0.717) is 5.56 Å². The summed E-state index contributed by atoms with van der Waals surface area (Å²) in [5.41, 5.74) is 1.48. The molecule has 0 radical (unpaired) electrons. The fraction of sp³-hybridized carbons (Fsp3) is 0.316. The van der Waals surface area contributed by atoms with Gasteiger partial charge in [0.25, 0.3) is 0 Å². The summed E-state index contributed by atoms with van der Waals surface area (Å²) in [5.74, 6) is -0.952. The average Bonchev–Trinajstić information content (AvgIpc) is 2.66. The van der Waals surface area contributed by atoms with Gasteiger partial charge in [0.1, 0.15) is 6.61 Å². The first-order chi connectivity index (χ1) is 12.6. The van der Waals surface area contributed by atoms with Crippen molar-refractivity contribution in [2.24, 2.45) is 0 Å². The van der Waals surface area contributed by atoms with Crippen molar-refractivity contribution in [1.29, 1.82) is 0 Å². The molecule has 6 nitrogen and oxygen atoms in total. The monoisotopic (exact) mass is 377 g/mol. The zero-order valence-corrected chi connectivity index (χ0v) is 15.9. The van der Waals surface area contributed by atoms with Crippen LogP contribution < -0.4 is 5.32 Å². The van der Waals surface area contributed by atoms with Gasteiger partial charge in [-0.1, -0.05) is 60.7 Å². The van der Waals surface area contributed by atoms with Crippen LogP contribution in [0.4, 0.5) is 4.79 Å². The van der Waals surface area contributed by atoms with E-state index in [0.717, 1.165) is 5.56 Å². The quantitative estimate of drug-likeness (QED) is 0.631. The van der Waals surface area contributed by atoms with Gasteiger partial charge in [0.05, 0.1) is 13.2 Å². The molecule has 0 aliphatic rings. The molecule has 0 heterocycles. The molecule has 0 aromatic heterocycles. The van der Waals surface area contributed by atoms with E-state index < -0.39 is 19.5 Å². The Morgan fingerprint density at radius 3 is 2.04 bits per heavy atom. The third-order valence-electron chi connectivity index (χ3n) is 3.52. The highest BCUT2D eigenvalue weighted by Crippen LogP contribution is 2.59. The molecule has 140 valence electrons. The van der Waals surface area contributed by atoms with Gasteiger partial charge >= 0.3 is 13.7 Å². The van der Waals surface area contributed by atoms with Crippen molar-refractivity contribution in [3.05, 3.63) is 71.8 Å². The van der Waals surface area contributed by atoms with Crippen LogP contribution >= 0.6 is 7.60 Å². The fourth-order valence-electron chi connectivity index (χ4n) is 2.40. The van der Waals surface area contributed by atoms with Crippen molar-refractivity contribution in [2.45, 2.75) is 26.2 Å². The van der Waals surface area contributed by atoms with Gasteiger partial charge in [-0.3, -0.25) is 4.57 Å². The Morgan fingerprint density at radius 2 is 1.50 bits per heavy atom. The highest BCUT2D eigenvalue weighted by Gasteiger charge is 2.38. The zero-order valence-electron chi connectivity index (χ0n) is 15.0. The first kappa shape index (κ1) is 20.2. The summed E-state index contributed by atoms with van der Waals surface area (Å²) < 4.78 is 29.3. The lowest BCUT2D eigenvalue weighted by Crippen LogP contribution is -2.30. The van der Waals surface area contributed by atoms with Gasteiger partial charge in [-0.05, 0) is 25.0 Å². The maximum absolute atomic E-state index is 13.2. The molecule has 0 saturated heterocycles. The lowest BCUT2D eigenvalue weighted by atomic mass is 10.2. The Labute approximate surface area is 154 Å². The molecule has 26 heavy (non-hydrogen) atoms. The van der Waals surface area contributed by atoms with Gasteiger partial charge in [0.2, 0.25) is 0 Å². The van der Waals surface area contributed by atoms with Crippen molar-refractivity contribution < 1.29 is 23.1 Å². The number of amides is 1. The number of carbonyl (C=O) groups excluding carboxylic acids is 1. The van der Waals surface area contributed by atoms with Crippen molar-refractivity contribution in [1.82, 2.24) is 5.32 Å². The Balaban J connectivity index is 2.15. The summed E-state index contributed by atoms with van der Waals surface area (Å²) in [5, 5.41) is 2.64. The van der Waals surface area contributed by atoms with Gasteiger partial charge in [0.15, 0.2) is 5.78 Å². The van der Waals surface area contributed by atoms with Crippen LogP contribution in [0.2, 0.25) is 0 Å². The molecule has 2 rings (SSSR count). The van der Waals surface area contributed by atoms with Crippen LogP contribution in [0.1, 0.15) is 30.8 Å². The van der Waals surface area contributed by atoms with Crippen molar-refractivity contribution in [2.75, 3.05) is 13.2 Å².